The Morgan fingerprint density at radius 2 is 1.74 bits per heavy atom. The molecule has 1 heterocycles. The molecule has 4 nitrogen and oxygen atoms in total. The number of nitrogens with zero attached hydrogens (tertiary/aromatic N) is 2. The normalized spacial score (nSPS) is 12.2. The van der Waals surface area contributed by atoms with Crippen LogP contribution in [0, 0.1) is 0 Å². The van der Waals surface area contributed by atoms with Gasteiger partial charge in [0.25, 0.3) is 0 Å². The van der Waals surface area contributed by atoms with Gasteiger partial charge in [0.2, 0.25) is 0 Å². The van der Waals surface area contributed by atoms with Gasteiger partial charge < -0.3 is 9.29 Å². The molecule has 6 heteroatoms. The number of benzene rings is 2. The molecular formula is C17H15BrN2O2S. The zero-order chi connectivity index (χ0) is 16.4. The van der Waals surface area contributed by atoms with Crippen LogP contribution >= 0.6 is 15.9 Å². The van der Waals surface area contributed by atoms with E-state index < -0.39 is 11.2 Å². The van der Waals surface area contributed by atoms with Gasteiger partial charge >= 0.3 is 0 Å². The first-order valence-corrected chi connectivity index (χ1v) is 9.27. The Bertz CT molecular complexity index is 798. The fourth-order valence-corrected chi connectivity index (χ4v) is 3.19. The molecule has 3 rings (SSSR count). The lowest BCUT2D eigenvalue weighted by molar-refractivity contribution is 0.414. The summed E-state index contributed by atoms with van der Waals surface area (Å²) in [4.78, 5) is 0.809. The number of ether oxygens (including phenoxy) is 1. The van der Waals surface area contributed by atoms with E-state index in [1.165, 1.54) is 0 Å². The molecule has 0 aliphatic rings. The van der Waals surface area contributed by atoms with Gasteiger partial charge in [-0.05, 0) is 81.7 Å². The summed E-state index contributed by atoms with van der Waals surface area (Å²) in [6.07, 6.45) is 1.67. The number of methoxy groups -OCH3 is 1. The fraction of sp³-hybridized carbons (Fsp3) is 0.118. The van der Waals surface area contributed by atoms with Crippen molar-refractivity contribution < 1.29 is 9.29 Å². The summed E-state index contributed by atoms with van der Waals surface area (Å²) in [5.74, 6) is 0.802. The van der Waals surface area contributed by atoms with E-state index in [1.807, 2.05) is 59.3 Å². The van der Waals surface area contributed by atoms with Gasteiger partial charge in [-0.3, -0.25) is 0 Å². The Kier molecular flexibility index (Phi) is 4.75. The number of rotatable bonds is 4. The molecule has 118 valence electrons. The van der Waals surface area contributed by atoms with E-state index in [4.69, 9.17) is 4.74 Å². The molecule has 2 aromatic carbocycles. The lowest BCUT2D eigenvalue weighted by Gasteiger charge is -2.09. The second-order valence-electron chi connectivity index (χ2n) is 4.94. The smallest absolute Gasteiger partial charge is 0.152 e. The average Bonchev–Trinajstić information content (AvgIpc) is 2.97. The SMILES string of the molecule is COc1ccc(-n2nc(Br)cc2-c2ccc([S+](C)[O-])cc2)cc1. The highest BCUT2D eigenvalue weighted by molar-refractivity contribution is 9.10. The summed E-state index contributed by atoms with van der Waals surface area (Å²) in [6.45, 7) is 0. The summed E-state index contributed by atoms with van der Waals surface area (Å²) >= 11 is 2.46. The Hall–Kier alpha value is -1.76. The summed E-state index contributed by atoms with van der Waals surface area (Å²) < 4.78 is 19.3. The molecule has 0 saturated carbocycles. The molecule has 0 aliphatic heterocycles. The zero-order valence-corrected chi connectivity index (χ0v) is 15.1. The summed E-state index contributed by atoms with van der Waals surface area (Å²) in [5, 5.41) is 4.50. The number of hydrogen-bond donors (Lipinski definition) is 0. The second-order valence-corrected chi connectivity index (χ2v) is 7.13. The van der Waals surface area contributed by atoms with E-state index in [1.54, 1.807) is 13.4 Å². The average molecular weight is 391 g/mol. The maximum absolute atomic E-state index is 11.5. The Morgan fingerprint density at radius 1 is 1.09 bits per heavy atom. The third-order valence-corrected chi connectivity index (χ3v) is 4.80. The van der Waals surface area contributed by atoms with Crippen molar-refractivity contribution in [3.05, 3.63) is 59.2 Å². The first kappa shape index (κ1) is 16.1. The van der Waals surface area contributed by atoms with Crippen LogP contribution in [-0.4, -0.2) is 27.7 Å². The molecule has 3 aromatic rings. The molecule has 0 aliphatic carbocycles. The molecule has 23 heavy (non-hydrogen) atoms. The van der Waals surface area contributed by atoms with Crippen molar-refractivity contribution in [2.24, 2.45) is 0 Å². The largest absolute Gasteiger partial charge is 0.612 e. The quantitative estimate of drug-likeness (QED) is 0.631. The molecule has 1 unspecified atom stereocenters. The van der Waals surface area contributed by atoms with Gasteiger partial charge in [-0.2, -0.15) is 5.10 Å². The van der Waals surface area contributed by atoms with E-state index in [9.17, 15) is 4.55 Å². The molecule has 0 spiro atoms. The predicted octanol–water partition coefficient (Wildman–Crippen LogP) is 4.05. The van der Waals surface area contributed by atoms with Crippen LogP contribution in [0.15, 0.2) is 64.1 Å². The Balaban J connectivity index is 2.02. The summed E-state index contributed by atoms with van der Waals surface area (Å²) in [7, 11) is 1.64. The van der Waals surface area contributed by atoms with E-state index in [-0.39, 0.29) is 0 Å². The first-order chi connectivity index (χ1) is 11.1. The highest BCUT2D eigenvalue weighted by Gasteiger charge is 2.12. The predicted molar refractivity (Wildman–Crippen MR) is 95.6 cm³/mol. The van der Waals surface area contributed by atoms with Crippen molar-refractivity contribution in [2.45, 2.75) is 4.90 Å². The molecule has 0 radical (unpaired) electrons. The monoisotopic (exact) mass is 390 g/mol. The third kappa shape index (κ3) is 3.44. The van der Waals surface area contributed by atoms with Gasteiger partial charge in [0, 0.05) is 5.56 Å². The highest BCUT2D eigenvalue weighted by Crippen LogP contribution is 2.27. The highest BCUT2D eigenvalue weighted by atomic mass is 79.9. The van der Waals surface area contributed by atoms with E-state index in [2.05, 4.69) is 21.0 Å². The van der Waals surface area contributed by atoms with Crippen molar-refractivity contribution in [1.82, 2.24) is 9.78 Å². The minimum atomic E-state index is -0.979. The van der Waals surface area contributed by atoms with Crippen LogP contribution in [0.25, 0.3) is 16.9 Å². The van der Waals surface area contributed by atoms with Crippen LogP contribution in [0.4, 0.5) is 0 Å². The lowest BCUT2D eigenvalue weighted by atomic mass is 10.1. The maximum Gasteiger partial charge on any atom is 0.152 e. The fourth-order valence-electron chi connectivity index (χ4n) is 2.30. The minimum absolute atomic E-state index is 0.756. The third-order valence-electron chi connectivity index (χ3n) is 3.48. The Morgan fingerprint density at radius 3 is 2.30 bits per heavy atom. The van der Waals surface area contributed by atoms with Crippen molar-refractivity contribution in [1.29, 1.82) is 0 Å². The number of hydrogen-bond acceptors (Lipinski definition) is 3. The topological polar surface area (TPSA) is 50.1 Å². The number of aromatic nitrogens is 2. The maximum atomic E-state index is 11.5. The van der Waals surface area contributed by atoms with Crippen LogP contribution < -0.4 is 4.74 Å². The van der Waals surface area contributed by atoms with Gasteiger partial charge in [0.05, 0.1) is 18.5 Å². The standard InChI is InChI=1S/C17H15BrN2O2S/c1-22-14-7-5-13(6-8-14)20-16(11-17(18)19-20)12-3-9-15(10-4-12)23(2)21/h3-11H,1-2H3. The Labute approximate surface area is 146 Å². The number of halogens is 1. The molecule has 0 N–H and O–H groups in total. The van der Waals surface area contributed by atoms with Gasteiger partial charge in [-0.25, -0.2) is 4.68 Å². The van der Waals surface area contributed by atoms with E-state index >= 15 is 0 Å². The molecule has 0 amide bonds. The van der Waals surface area contributed by atoms with Gasteiger partial charge in [0.15, 0.2) is 4.90 Å². The lowest BCUT2D eigenvalue weighted by Crippen LogP contribution is -2.00. The molecule has 0 saturated heterocycles. The molecule has 0 fully saturated rings. The second kappa shape index (κ2) is 6.78. The van der Waals surface area contributed by atoms with Crippen LogP contribution in [0.2, 0.25) is 0 Å². The van der Waals surface area contributed by atoms with Crippen molar-refractivity contribution in [2.75, 3.05) is 13.4 Å². The molecule has 1 atom stereocenters. The van der Waals surface area contributed by atoms with Crippen LogP contribution in [0.1, 0.15) is 0 Å². The van der Waals surface area contributed by atoms with Crippen molar-refractivity contribution in [3.63, 3.8) is 0 Å². The van der Waals surface area contributed by atoms with E-state index in [0.717, 1.165) is 32.2 Å². The van der Waals surface area contributed by atoms with E-state index in [0.29, 0.717) is 0 Å². The molecule has 1 aromatic heterocycles. The minimum Gasteiger partial charge on any atom is -0.612 e. The zero-order valence-electron chi connectivity index (χ0n) is 12.7. The van der Waals surface area contributed by atoms with Crippen molar-refractivity contribution in [3.8, 4) is 22.7 Å². The van der Waals surface area contributed by atoms with Crippen molar-refractivity contribution >= 4 is 27.1 Å². The van der Waals surface area contributed by atoms with Crippen LogP contribution in [0.3, 0.4) is 0 Å². The van der Waals surface area contributed by atoms with Crippen LogP contribution in [0.5, 0.6) is 5.75 Å². The van der Waals surface area contributed by atoms with Crippen LogP contribution in [-0.2, 0) is 11.2 Å². The first-order valence-electron chi connectivity index (χ1n) is 6.92. The summed E-state index contributed by atoms with van der Waals surface area (Å²) in [6, 6.07) is 17.3. The van der Waals surface area contributed by atoms with Gasteiger partial charge in [-0.15, -0.1) is 0 Å². The molecule has 0 bridgehead atoms. The summed E-state index contributed by atoms with van der Waals surface area (Å²) in [5.41, 5.74) is 2.90. The van der Waals surface area contributed by atoms with Gasteiger partial charge in [-0.1, -0.05) is 0 Å². The van der Waals surface area contributed by atoms with Gasteiger partial charge in [0.1, 0.15) is 16.6 Å². The molecular weight excluding hydrogens is 376 g/mol.